The van der Waals surface area contributed by atoms with Crippen LogP contribution in [-0.2, 0) is 0 Å². The Balaban J connectivity index is 1.78. The van der Waals surface area contributed by atoms with E-state index in [0.717, 1.165) is 49.4 Å². The van der Waals surface area contributed by atoms with Crippen LogP contribution in [0.15, 0.2) is 42.0 Å². The summed E-state index contributed by atoms with van der Waals surface area (Å²) >= 11 is 4.97. The standard InChI is InChI=1S/C25H35N5S/c1-18(2)25(31)14-12-21(13-15-25)23(29-16-7-5-6-8-17-29)24-26-27-28-30(24)22-19(3)10-9-11-20(22)4/h9-12,23,31H,1,5-8,13-17H2,2-4H3. The monoisotopic (exact) mass is 437 g/mol. The molecule has 1 aromatic carbocycles. The zero-order valence-electron chi connectivity index (χ0n) is 19.1. The van der Waals surface area contributed by atoms with Gasteiger partial charge in [0, 0.05) is 4.75 Å². The van der Waals surface area contributed by atoms with E-state index in [1.54, 1.807) is 0 Å². The Morgan fingerprint density at radius 2 is 1.81 bits per heavy atom. The van der Waals surface area contributed by atoms with E-state index in [2.05, 4.69) is 72.1 Å². The summed E-state index contributed by atoms with van der Waals surface area (Å²) in [6.07, 6.45) is 10.4. The van der Waals surface area contributed by atoms with Gasteiger partial charge in [-0.15, -0.1) is 5.10 Å². The van der Waals surface area contributed by atoms with Crippen LogP contribution in [0.2, 0.25) is 0 Å². The lowest BCUT2D eigenvalue weighted by Crippen LogP contribution is -2.35. The fourth-order valence-corrected chi connectivity index (χ4v) is 5.27. The van der Waals surface area contributed by atoms with E-state index < -0.39 is 0 Å². The summed E-state index contributed by atoms with van der Waals surface area (Å²) in [7, 11) is 0. The topological polar surface area (TPSA) is 46.8 Å². The molecular formula is C25H35N5S. The predicted octanol–water partition coefficient (Wildman–Crippen LogP) is 5.55. The molecule has 1 aliphatic heterocycles. The number of aryl methyl sites for hydroxylation is 2. The maximum Gasteiger partial charge on any atom is 0.177 e. The summed E-state index contributed by atoms with van der Waals surface area (Å²) < 4.78 is 1.88. The normalized spacial score (nSPS) is 23.8. The number of nitrogens with zero attached hydrogens (tertiary/aromatic N) is 5. The molecule has 1 aliphatic carbocycles. The zero-order chi connectivity index (χ0) is 22.0. The highest BCUT2D eigenvalue weighted by atomic mass is 32.1. The molecule has 1 saturated heterocycles. The van der Waals surface area contributed by atoms with Crippen molar-refractivity contribution in [2.75, 3.05) is 13.1 Å². The molecule has 166 valence electrons. The number of hydrogen-bond acceptors (Lipinski definition) is 5. The maximum atomic E-state index is 4.97. The van der Waals surface area contributed by atoms with Crippen molar-refractivity contribution >= 4 is 12.6 Å². The fraction of sp³-hybridized carbons (Fsp3) is 0.560. The molecule has 4 rings (SSSR count). The van der Waals surface area contributed by atoms with E-state index in [4.69, 9.17) is 12.6 Å². The SMILES string of the molecule is C=C(C)C1(S)CC=C(C(c2nnnn2-c2c(C)cccc2C)N2CCCCCC2)CC1. The van der Waals surface area contributed by atoms with E-state index in [1.165, 1.54) is 42.4 Å². The quantitative estimate of drug-likeness (QED) is 0.492. The summed E-state index contributed by atoms with van der Waals surface area (Å²) in [6.45, 7) is 12.7. The van der Waals surface area contributed by atoms with Crippen LogP contribution in [0.4, 0.5) is 0 Å². The third-order valence-corrected chi connectivity index (χ3v) is 7.86. The second-order valence-corrected chi connectivity index (χ2v) is 10.2. The Morgan fingerprint density at radius 1 is 1.13 bits per heavy atom. The van der Waals surface area contributed by atoms with Crippen LogP contribution >= 0.6 is 12.6 Å². The minimum atomic E-state index is -0.106. The first-order chi connectivity index (χ1) is 14.9. The minimum Gasteiger partial charge on any atom is -0.290 e. The summed E-state index contributed by atoms with van der Waals surface area (Å²) in [6, 6.07) is 6.47. The molecule has 2 heterocycles. The van der Waals surface area contributed by atoms with E-state index in [-0.39, 0.29) is 10.8 Å². The number of thiol groups is 1. The number of aromatic nitrogens is 4. The second-order valence-electron chi connectivity index (χ2n) is 9.34. The summed E-state index contributed by atoms with van der Waals surface area (Å²) in [5, 5.41) is 13.2. The third kappa shape index (κ3) is 4.51. The highest BCUT2D eigenvalue weighted by Crippen LogP contribution is 2.43. The number of allylic oxidation sites excluding steroid dienone is 1. The average Bonchev–Trinajstić information content (AvgIpc) is 3.03. The molecule has 0 N–H and O–H groups in total. The Bertz CT molecular complexity index is 950. The van der Waals surface area contributed by atoms with E-state index in [9.17, 15) is 0 Å². The van der Waals surface area contributed by atoms with Gasteiger partial charge in [0.1, 0.15) is 0 Å². The van der Waals surface area contributed by atoms with Gasteiger partial charge in [0.15, 0.2) is 5.82 Å². The summed E-state index contributed by atoms with van der Waals surface area (Å²) in [4.78, 5) is 2.61. The fourth-order valence-electron chi connectivity index (χ4n) is 5.07. The number of likely N-dealkylation sites (tertiary alicyclic amines) is 1. The summed E-state index contributed by atoms with van der Waals surface area (Å²) in [5.74, 6) is 0.938. The van der Waals surface area contributed by atoms with Gasteiger partial charge in [0.25, 0.3) is 0 Å². The maximum absolute atomic E-state index is 4.97. The molecule has 0 amide bonds. The average molecular weight is 438 g/mol. The van der Waals surface area contributed by atoms with Gasteiger partial charge in [-0.05, 0) is 93.1 Å². The number of para-hydroxylation sites is 1. The molecular weight excluding hydrogens is 402 g/mol. The molecule has 2 atom stereocenters. The first-order valence-corrected chi connectivity index (χ1v) is 12.0. The zero-order valence-corrected chi connectivity index (χ0v) is 20.0. The molecule has 2 aromatic rings. The third-order valence-electron chi connectivity index (χ3n) is 7.07. The molecule has 0 spiro atoms. The number of tetrazole rings is 1. The number of rotatable bonds is 5. The number of hydrogen-bond donors (Lipinski definition) is 1. The van der Waals surface area contributed by atoms with E-state index in [1.807, 2.05) is 4.68 Å². The Kier molecular flexibility index (Phi) is 6.68. The largest absolute Gasteiger partial charge is 0.290 e. The van der Waals surface area contributed by atoms with Gasteiger partial charge in [-0.1, -0.05) is 49.3 Å². The highest BCUT2D eigenvalue weighted by Gasteiger charge is 2.36. The predicted molar refractivity (Wildman–Crippen MR) is 130 cm³/mol. The van der Waals surface area contributed by atoms with Crippen molar-refractivity contribution in [3.63, 3.8) is 0 Å². The first-order valence-electron chi connectivity index (χ1n) is 11.6. The molecule has 0 bridgehead atoms. The van der Waals surface area contributed by atoms with Crippen molar-refractivity contribution in [2.45, 2.75) is 76.5 Å². The van der Waals surface area contributed by atoms with Gasteiger partial charge in [-0.2, -0.15) is 17.3 Å². The Hall–Kier alpha value is -1.92. The molecule has 2 aliphatic rings. The van der Waals surface area contributed by atoms with Crippen molar-refractivity contribution in [2.24, 2.45) is 0 Å². The lowest BCUT2D eigenvalue weighted by atomic mass is 9.81. The Labute approximate surface area is 192 Å². The van der Waals surface area contributed by atoms with Gasteiger partial charge in [0.2, 0.25) is 0 Å². The molecule has 1 fully saturated rings. The van der Waals surface area contributed by atoms with Crippen molar-refractivity contribution in [1.82, 2.24) is 25.1 Å². The lowest BCUT2D eigenvalue weighted by molar-refractivity contribution is 0.214. The van der Waals surface area contributed by atoms with Crippen LogP contribution in [0.3, 0.4) is 0 Å². The lowest BCUT2D eigenvalue weighted by Gasteiger charge is -2.38. The molecule has 0 saturated carbocycles. The smallest absolute Gasteiger partial charge is 0.177 e. The van der Waals surface area contributed by atoms with Gasteiger partial charge in [-0.3, -0.25) is 4.90 Å². The van der Waals surface area contributed by atoms with Crippen molar-refractivity contribution in [1.29, 1.82) is 0 Å². The molecule has 0 radical (unpaired) electrons. The van der Waals surface area contributed by atoms with Crippen molar-refractivity contribution in [3.05, 3.63) is 59.0 Å². The van der Waals surface area contributed by atoms with Gasteiger partial charge < -0.3 is 0 Å². The molecule has 5 nitrogen and oxygen atoms in total. The summed E-state index contributed by atoms with van der Waals surface area (Å²) in [5.41, 5.74) is 6.06. The molecule has 6 heteroatoms. The second kappa shape index (κ2) is 9.29. The van der Waals surface area contributed by atoms with Crippen LogP contribution in [0.25, 0.3) is 5.69 Å². The molecule has 2 unspecified atom stereocenters. The van der Waals surface area contributed by atoms with Crippen molar-refractivity contribution in [3.8, 4) is 5.69 Å². The van der Waals surface area contributed by atoms with Crippen LogP contribution in [0, 0.1) is 13.8 Å². The molecule has 31 heavy (non-hydrogen) atoms. The Morgan fingerprint density at radius 3 is 2.39 bits per heavy atom. The highest BCUT2D eigenvalue weighted by molar-refractivity contribution is 7.82. The minimum absolute atomic E-state index is 0.106. The first kappa shape index (κ1) is 22.3. The van der Waals surface area contributed by atoms with Crippen LogP contribution in [-0.4, -0.2) is 42.9 Å². The van der Waals surface area contributed by atoms with Gasteiger partial charge in [0.05, 0.1) is 11.7 Å². The van der Waals surface area contributed by atoms with Crippen molar-refractivity contribution < 1.29 is 0 Å². The van der Waals surface area contributed by atoms with Gasteiger partial charge >= 0.3 is 0 Å². The van der Waals surface area contributed by atoms with Crippen LogP contribution in [0.5, 0.6) is 0 Å². The van der Waals surface area contributed by atoms with Gasteiger partial charge in [-0.25, -0.2) is 0 Å². The van der Waals surface area contributed by atoms with E-state index in [0.29, 0.717) is 0 Å². The van der Waals surface area contributed by atoms with Crippen LogP contribution < -0.4 is 0 Å². The van der Waals surface area contributed by atoms with E-state index >= 15 is 0 Å². The number of benzene rings is 1. The van der Waals surface area contributed by atoms with Crippen LogP contribution in [0.1, 0.15) is 74.9 Å². The molecule has 1 aromatic heterocycles.